The van der Waals surface area contributed by atoms with Gasteiger partial charge in [-0.15, -0.1) is 11.3 Å². The third kappa shape index (κ3) is 3.37. The largest absolute Gasteiger partial charge is 0.478 e. The number of carboxylic acids is 1. The van der Waals surface area contributed by atoms with Crippen molar-refractivity contribution in [3.05, 3.63) is 45.2 Å². The molecular weight excluding hydrogens is 344 g/mol. The van der Waals surface area contributed by atoms with Crippen LogP contribution in [-0.2, 0) is 0 Å². The van der Waals surface area contributed by atoms with Gasteiger partial charge in [0.2, 0.25) is 0 Å². The zero-order valence-electron chi connectivity index (χ0n) is 10.4. The number of rotatable bonds is 3. The summed E-state index contributed by atoms with van der Waals surface area (Å²) < 4.78 is 0.923. The highest BCUT2D eigenvalue weighted by Gasteiger charge is 2.14. The Hall–Kier alpha value is -1.86. The Labute approximate surface area is 127 Å². The number of thiophene rings is 1. The monoisotopic (exact) mass is 354 g/mol. The highest BCUT2D eigenvalue weighted by atomic mass is 79.9. The summed E-state index contributed by atoms with van der Waals surface area (Å²) >= 11 is 4.51. The Morgan fingerprint density at radius 2 is 2.00 bits per heavy atom. The number of carbonyl (C=O) groups is 2. The van der Waals surface area contributed by atoms with E-state index >= 15 is 0 Å². The third-order valence-corrected chi connectivity index (χ3v) is 3.88. The van der Waals surface area contributed by atoms with E-state index in [1.807, 2.05) is 19.1 Å². The Bertz CT molecular complexity index is 669. The summed E-state index contributed by atoms with van der Waals surface area (Å²) in [5, 5.41) is 16.1. The second kappa shape index (κ2) is 6.06. The summed E-state index contributed by atoms with van der Waals surface area (Å²) in [7, 11) is 0. The van der Waals surface area contributed by atoms with Crippen molar-refractivity contribution in [3.8, 4) is 0 Å². The van der Waals surface area contributed by atoms with Crippen LogP contribution in [0.5, 0.6) is 0 Å². The van der Waals surface area contributed by atoms with E-state index in [0.717, 1.165) is 21.4 Å². The van der Waals surface area contributed by atoms with Crippen LogP contribution in [0.1, 0.15) is 15.9 Å². The van der Waals surface area contributed by atoms with Crippen LogP contribution in [-0.4, -0.2) is 17.1 Å². The summed E-state index contributed by atoms with van der Waals surface area (Å²) in [4.78, 5) is 22.8. The van der Waals surface area contributed by atoms with Crippen molar-refractivity contribution < 1.29 is 14.7 Å². The van der Waals surface area contributed by atoms with Crippen LogP contribution in [0.3, 0.4) is 0 Å². The van der Waals surface area contributed by atoms with Crippen LogP contribution < -0.4 is 10.6 Å². The average Bonchev–Trinajstić information content (AvgIpc) is 2.81. The molecule has 0 saturated heterocycles. The van der Waals surface area contributed by atoms with Crippen molar-refractivity contribution in [2.45, 2.75) is 6.92 Å². The summed E-state index contributed by atoms with van der Waals surface area (Å²) in [5.41, 5.74) is 1.65. The molecule has 0 saturated carbocycles. The van der Waals surface area contributed by atoms with E-state index in [1.165, 1.54) is 6.07 Å². The molecule has 1 aromatic carbocycles. The lowest BCUT2D eigenvalue weighted by Crippen LogP contribution is -2.20. The maximum absolute atomic E-state index is 11.9. The number of aryl methyl sites for hydroxylation is 1. The van der Waals surface area contributed by atoms with Crippen LogP contribution in [0, 0.1) is 6.92 Å². The SMILES string of the molecule is Cc1cc(Br)ccc1NC(=O)Nc1sccc1C(=O)O. The van der Waals surface area contributed by atoms with Crippen LogP contribution in [0.25, 0.3) is 0 Å². The number of carboxylic acid groups (broad SMARTS) is 1. The quantitative estimate of drug-likeness (QED) is 0.774. The second-order valence-corrected chi connectivity index (χ2v) is 5.84. The maximum atomic E-state index is 11.9. The molecule has 7 heteroatoms. The third-order valence-electron chi connectivity index (χ3n) is 2.56. The number of hydrogen-bond acceptors (Lipinski definition) is 3. The predicted molar refractivity (Wildman–Crippen MR) is 82.8 cm³/mol. The van der Waals surface area contributed by atoms with E-state index in [0.29, 0.717) is 10.7 Å². The number of urea groups is 1. The summed E-state index contributed by atoms with van der Waals surface area (Å²) in [6.45, 7) is 1.87. The van der Waals surface area contributed by atoms with Gasteiger partial charge in [-0.3, -0.25) is 5.32 Å². The lowest BCUT2D eigenvalue weighted by Gasteiger charge is -2.09. The van der Waals surface area contributed by atoms with Crippen LogP contribution >= 0.6 is 27.3 Å². The standard InChI is InChI=1S/C13H11BrN2O3S/c1-7-6-8(14)2-3-10(7)15-13(19)16-11-9(12(17)18)4-5-20-11/h2-6H,1H3,(H,17,18)(H2,15,16,19). The fraction of sp³-hybridized carbons (Fsp3) is 0.0769. The zero-order valence-corrected chi connectivity index (χ0v) is 12.8. The average molecular weight is 355 g/mol. The number of halogens is 1. The lowest BCUT2D eigenvalue weighted by molar-refractivity contribution is 0.0698. The number of amides is 2. The minimum Gasteiger partial charge on any atom is -0.478 e. The molecule has 104 valence electrons. The highest BCUT2D eigenvalue weighted by molar-refractivity contribution is 9.10. The molecule has 5 nitrogen and oxygen atoms in total. The molecule has 1 heterocycles. The number of benzene rings is 1. The van der Waals surface area contributed by atoms with Gasteiger partial charge in [0, 0.05) is 10.2 Å². The van der Waals surface area contributed by atoms with E-state index in [4.69, 9.17) is 5.11 Å². The van der Waals surface area contributed by atoms with Gasteiger partial charge in [0.1, 0.15) is 5.00 Å². The van der Waals surface area contributed by atoms with Gasteiger partial charge in [-0.05, 0) is 42.1 Å². The van der Waals surface area contributed by atoms with Gasteiger partial charge < -0.3 is 10.4 Å². The van der Waals surface area contributed by atoms with Gasteiger partial charge in [0.25, 0.3) is 0 Å². The Kier molecular flexibility index (Phi) is 4.41. The van der Waals surface area contributed by atoms with Crippen LogP contribution in [0.4, 0.5) is 15.5 Å². The molecule has 0 aliphatic heterocycles. The molecule has 2 amide bonds. The van der Waals surface area contributed by atoms with Crippen LogP contribution in [0.2, 0.25) is 0 Å². The van der Waals surface area contributed by atoms with E-state index in [9.17, 15) is 9.59 Å². The van der Waals surface area contributed by atoms with E-state index in [2.05, 4.69) is 26.6 Å². The summed E-state index contributed by atoms with van der Waals surface area (Å²) in [6, 6.07) is 6.44. The van der Waals surface area contributed by atoms with Crippen molar-refractivity contribution in [1.29, 1.82) is 0 Å². The highest BCUT2D eigenvalue weighted by Crippen LogP contribution is 2.24. The number of anilines is 2. The number of nitrogens with one attached hydrogen (secondary N) is 2. The fourth-order valence-corrected chi connectivity index (χ4v) is 2.85. The minimum atomic E-state index is -1.07. The molecule has 1 aromatic heterocycles. The molecule has 0 aliphatic rings. The van der Waals surface area contributed by atoms with Gasteiger partial charge >= 0.3 is 12.0 Å². The Morgan fingerprint density at radius 1 is 1.25 bits per heavy atom. The van der Waals surface area contributed by atoms with Crippen LogP contribution in [0.15, 0.2) is 34.1 Å². The molecule has 0 atom stereocenters. The van der Waals surface area contributed by atoms with Gasteiger partial charge in [-0.1, -0.05) is 15.9 Å². The first-order valence-electron chi connectivity index (χ1n) is 5.62. The number of carbonyl (C=O) groups excluding carboxylic acids is 1. The maximum Gasteiger partial charge on any atom is 0.338 e. The van der Waals surface area contributed by atoms with E-state index in [-0.39, 0.29) is 5.56 Å². The molecule has 3 N–H and O–H groups in total. The molecule has 0 fully saturated rings. The number of aromatic carboxylic acids is 1. The van der Waals surface area contributed by atoms with Crippen molar-refractivity contribution in [2.75, 3.05) is 10.6 Å². The minimum absolute atomic E-state index is 0.0812. The topological polar surface area (TPSA) is 78.4 Å². The fourth-order valence-electron chi connectivity index (χ4n) is 1.60. The molecule has 0 unspecified atom stereocenters. The molecule has 20 heavy (non-hydrogen) atoms. The van der Waals surface area contributed by atoms with Crippen molar-refractivity contribution in [1.82, 2.24) is 0 Å². The van der Waals surface area contributed by atoms with Crippen molar-refractivity contribution in [2.24, 2.45) is 0 Å². The first kappa shape index (κ1) is 14.5. The Morgan fingerprint density at radius 3 is 2.65 bits per heavy atom. The smallest absolute Gasteiger partial charge is 0.338 e. The molecule has 0 radical (unpaired) electrons. The van der Waals surface area contributed by atoms with Gasteiger partial charge in [0.15, 0.2) is 0 Å². The zero-order chi connectivity index (χ0) is 14.7. The Balaban J connectivity index is 2.09. The molecule has 2 aromatic rings. The first-order valence-corrected chi connectivity index (χ1v) is 7.29. The predicted octanol–water partition coefficient (Wildman–Crippen LogP) is 4.16. The second-order valence-electron chi connectivity index (χ2n) is 4.01. The molecular formula is C13H11BrN2O3S. The molecule has 2 rings (SSSR count). The number of hydrogen-bond donors (Lipinski definition) is 3. The molecule has 0 spiro atoms. The summed E-state index contributed by atoms with van der Waals surface area (Å²) in [6.07, 6.45) is 0. The van der Waals surface area contributed by atoms with Gasteiger partial charge in [0.05, 0.1) is 5.56 Å². The normalized spacial score (nSPS) is 10.1. The first-order chi connectivity index (χ1) is 9.47. The molecule has 0 bridgehead atoms. The lowest BCUT2D eigenvalue weighted by atomic mass is 10.2. The van der Waals surface area contributed by atoms with Gasteiger partial charge in [-0.2, -0.15) is 0 Å². The van der Waals surface area contributed by atoms with E-state index in [1.54, 1.807) is 11.4 Å². The van der Waals surface area contributed by atoms with Crippen molar-refractivity contribution >= 4 is 50.0 Å². The summed E-state index contributed by atoms with van der Waals surface area (Å²) in [5.74, 6) is -1.07. The van der Waals surface area contributed by atoms with E-state index < -0.39 is 12.0 Å². The molecule has 0 aliphatic carbocycles. The van der Waals surface area contributed by atoms with Gasteiger partial charge in [-0.25, -0.2) is 9.59 Å². The van der Waals surface area contributed by atoms with Crippen molar-refractivity contribution in [3.63, 3.8) is 0 Å².